The largest absolute Gasteiger partial charge is 0.478 e. The van der Waals surface area contributed by atoms with E-state index in [0.29, 0.717) is 0 Å². The Bertz CT molecular complexity index is 488. The van der Waals surface area contributed by atoms with Crippen LogP contribution >= 0.6 is 0 Å². The van der Waals surface area contributed by atoms with Crippen molar-refractivity contribution in [1.82, 2.24) is 5.32 Å². The number of hydrogen-bond acceptors (Lipinski definition) is 7. The average Bonchev–Trinajstić information content (AvgIpc) is 2.46. The zero-order chi connectivity index (χ0) is 17.0. The molecule has 0 aliphatic carbocycles. The molecule has 0 aromatic rings. The van der Waals surface area contributed by atoms with Crippen molar-refractivity contribution in [2.24, 2.45) is 0 Å². The highest BCUT2D eigenvalue weighted by Crippen LogP contribution is 2.23. The number of aliphatic hydroxyl groups is 4. The number of aliphatic hydroxyl groups excluding tert-OH is 4. The van der Waals surface area contributed by atoms with Crippen LogP contribution in [-0.4, -0.2) is 74.5 Å². The van der Waals surface area contributed by atoms with E-state index in [2.05, 4.69) is 11.9 Å². The minimum Gasteiger partial charge on any atom is -0.478 e. The maximum absolute atomic E-state index is 11.7. The summed E-state index contributed by atoms with van der Waals surface area (Å²) < 4.78 is 5.03. The molecule has 0 fully saturated rings. The lowest BCUT2D eigenvalue weighted by Crippen LogP contribution is -2.60. The fourth-order valence-corrected chi connectivity index (χ4v) is 1.89. The van der Waals surface area contributed by atoms with E-state index in [1.54, 1.807) is 0 Å². The van der Waals surface area contributed by atoms with Gasteiger partial charge in [-0.2, -0.15) is 0 Å². The molecule has 1 aliphatic rings. The Morgan fingerprint density at radius 3 is 2.50 bits per heavy atom. The molecule has 1 heterocycles. The predicted octanol–water partition coefficient (Wildman–Crippen LogP) is -2.51. The Balaban J connectivity index is 3.08. The number of amides is 1. The van der Waals surface area contributed by atoms with Crippen molar-refractivity contribution in [3.8, 4) is 0 Å². The number of hydrogen-bond donors (Lipinski definition) is 6. The molecule has 0 saturated carbocycles. The summed E-state index contributed by atoms with van der Waals surface area (Å²) in [6.45, 7) is 4.01. The van der Waals surface area contributed by atoms with Crippen molar-refractivity contribution in [1.29, 1.82) is 0 Å². The highest BCUT2D eigenvalue weighted by molar-refractivity contribution is 5.92. The summed E-state index contributed by atoms with van der Waals surface area (Å²) in [6.07, 6.45) is -5.47. The van der Waals surface area contributed by atoms with Crippen molar-refractivity contribution < 1.29 is 39.9 Å². The number of nitrogens with one attached hydrogen (secondary N) is 1. The molecule has 0 unspecified atom stereocenters. The van der Waals surface area contributed by atoms with Crippen LogP contribution in [-0.2, 0) is 14.3 Å². The summed E-state index contributed by atoms with van der Waals surface area (Å²) in [6, 6.07) is -1.23. The number of carbonyl (C=O) groups excluding carboxylic acids is 1. The van der Waals surface area contributed by atoms with Crippen LogP contribution < -0.4 is 5.32 Å². The molecule has 0 spiro atoms. The topological polar surface area (TPSA) is 157 Å². The van der Waals surface area contributed by atoms with Gasteiger partial charge in [-0.3, -0.25) is 4.79 Å². The van der Waals surface area contributed by atoms with Gasteiger partial charge >= 0.3 is 5.97 Å². The molecule has 124 valence electrons. The number of aliphatic carboxylic acids is 1. The maximum Gasteiger partial charge on any atom is 0.370 e. The molecular weight excluding hydrogens is 298 g/mol. The van der Waals surface area contributed by atoms with Crippen LogP contribution in [0.15, 0.2) is 24.0 Å². The summed E-state index contributed by atoms with van der Waals surface area (Å²) in [7, 11) is 0. The van der Waals surface area contributed by atoms with E-state index in [4.69, 9.17) is 14.9 Å². The van der Waals surface area contributed by atoms with Gasteiger partial charge < -0.3 is 35.6 Å². The van der Waals surface area contributed by atoms with Crippen LogP contribution in [0.3, 0.4) is 0 Å². The van der Waals surface area contributed by atoms with Crippen LogP contribution in [0.2, 0.25) is 0 Å². The van der Waals surface area contributed by atoms with E-state index >= 15 is 0 Å². The second kappa shape index (κ2) is 7.36. The first-order valence-corrected chi connectivity index (χ1v) is 6.42. The van der Waals surface area contributed by atoms with E-state index in [0.717, 1.165) is 6.08 Å². The summed E-state index contributed by atoms with van der Waals surface area (Å²) in [5.74, 6) is -2.77. The van der Waals surface area contributed by atoms with Crippen LogP contribution in [0.5, 0.6) is 0 Å². The third kappa shape index (κ3) is 4.04. The lowest BCUT2D eigenvalue weighted by atomic mass is 9.93. The smallest absolute Gasteiger partial charge is 0.370 e. The Hall–Kier alpha value is -1.94. The lowest BCUT2D eigenvalue weighted by molar-refractivity contribution is -0.149. The third-order valence-corrected chi connectivity index (χ3v) is 3.12. The van der Waals surface area contributed by atoms with Crippen molar-refractivity contribution in [2.45, 2.75) is 37.4 Å². The SMILES string of the molecule is C=C(C)C(=O)N[C@H]1[C@H]([C@H](O)[C@H](O)CO)OC(C(=O)O)=C[C@@H]1O. The second-order valence-corrected chi connectivity index (χ2v) is 4.93. The molecule has 0 radical (unpaired) electrons. The standard InChI is InChI=1S/C13H19NO8/c1-5(2)12(19)14-9-6(16)3-8(13(20)21)22-11(9)10(18)7(17)4-15/h3,6-7,9-11,15-18H,1,4H2,2H3,(H,14,19)(H,20,21)/t6-,7+,9+,10+,11+/m0/s1. The average molecular weight is 317 g/mol. The van der Waals surface area contributed by atoms with Crippen LogP contribution in [0.4, 0.5) is 0 Å². The fraction of sp³-hybridized carbons (Fsp3) is 0.538. The van der Waals surface area contributed by atoms with Crippen LogP contribution in [0.25, 0.3) is 0 Å². The Kier molecular flexibility index (Phi) is 6.06. The molecule has 9 heteroatoms. The Morgan fingerprint density at radius 1 is 1.45 bits per heavy atom. The van der Waals surface area contributed by atoms with Gasteiger partial charge in [0.25, 0.3) is 0 Å². The van der Waals surface area contributed by atoms with Crippen molar-refractivity contribution in [3.63, 3.8) is 0 Å². The third-order valence-electron chi connectivity index (χ3n) is 3.12. The van der Waals surface area contributed by atoms with Gasteiger partial charge in [0, 0.05) is 5.57 Å². The normalized spacial score (nSPS) is 27.1. The van der Waals surface area contributed by atoms with Crippen molar-refractivity contribution in [3.05, 3.63) is 24.0 Å². The maximum atomic E-state index is 11.7. The van der Waals surface area contributed by atoms with Gasteiger partial charge in [-0.1, -0.05) is 6.58 Å². The first-order valence-electron chi connectivity index (χ1n) is 6.42. The summed E-state index contributed by atoms with van der Waals surface area (Å²) in [5, 5.41) is 49.5. The molecule has 5 atom stereocenters. The zero-order valence-corrected chi connectivity index (χ0v) is 11.8. The molecule has 22 heavy (non-hydrogen) atoms. The van der Waals surface area contributed by atoms with E-state index < -0.39 is 54.7 Å². The molecule has 9 nitrogen and oxygen atoms in total. The van der Waals surface area contributed by atoms with Gasteiger partial charge in [-0.15, -0.1) is 0 Å². The molecule has 1 aliphatic heterocycles. The molecule has 0 saturated heterocycles. The Morgan fingerprint density at radius 2 is 2.05 bits per heavy atom. The molecule has 1 rings (SSSR count). The van der Waals surface area contributed by atoms with E-state index in [-0.39, 0.29) is 5.57 Å². The second-order valence-electron chi connectivity index (χ2n) is 4.93. The molecule has 0 aromatic carbocycles. The summed E-state index contributed by atoms with van der Waals surface area (Å²) in [4.78, 5) is 22.6. The first kappa shape index (κ1) is 18.1. The molecule has 6 N–H and O–H groups in total. The number of carbonyl (C=O) groups is 2. The number of carboxylic acid groups (broad SMARTS) is 1. The predicted molar refractivity (Wildman–Crippen MR) is 72.4 cm³/mol. The number of ether oxygens (including phenoxy) is 1. The highest BCUT2D eigenvalue weighted by atomic mass is 16.5. The van der Waals surface area contributed by atoms with Crippen molar-refractivity contribution in [2.75, 3.05) is 6.61 Å². The van der Waals surface area contributed by atoms with Gasteiger partial charge in [-0.25, -0.2) is 4.79 Å². The number of rotatable bonds is 6. The first-order chi connectivity index (χ1) is 10.2. The van der Waals surface area contributed by atoms with Gasteiger partial charge in [0.05, 0.1) is 12.6 Å². The van der Waals surface area contributed by atoms with Gasteiger partial charge in [-0.05, 0) is 13.0 Å². The van der Waals surface area contributed by atoms with Gasteiger partial charge in [0.15, 0.2) is 6.10 Å². The van der Waals surface area contributed by atoms with E-state index in [1.165, 1.54) is 6.92 Å². The molecular formula is C13H19NO8. The monoisotopic (exact) mass is 317 g/mol. The zero-order valence-electron chi connectivity index (χ0n) is 11.8. The highest BCUT2D eigenvalue weighted by Gasteiger charge is 2.43. The summed E-state index contributed by atoms with van der Waals surface area (Å²) >= 11 is 0. The van der Waals surface area contributed by atoms with Crippen LogP contribution in [0.1, 0.15) is 6.92 Å². The van der Waals surface area contributed by atoms with E-state index in [1.807, 2.05) is 0 Å². The number of carboxylic acids is 1. The van der Waals surface area contributed by atoms with Crippen molar-refractivity contribution >= 4 is 11.9 Å². The van der Waals surface area contributed by atoms with Gasteiger partial charge in [0.2, 0.25) is 11.7 Å². The molecule has 0 aromatic heterocycles. The van der Waals surface area contributed by atoms with Gasteiger partial charge in [0.1, 0.15) is 18.3 Å². The Labute approximate surface area is 126 Å². The fourth-order valence-electron chi connectivity index (χ4n) is 1.89. The quantitative estimate of drug-likeness (QED) is 0.293. The van der Waals surface area contributed by atoms with Crippen LogP contribution in [0, 0.1) is 0 Å². The lowest BCUT2D eigenvalue weighted by Gasteiger charge is -2.38. The minimum absolute atomic E-state index is 0.121. The summed E-state index contributed by atoms with van der Waals surface area (Å²) in [5.41, 5.74) is 0.121. The molecule has 0 bridgehead atoms. The van der Waals surface area contributed by atoms with E-state index in [9.17, 15) is 24.9 Å². The molecule has 1 amide bonds. The minimum atomic E-state index is -1.74.